The van der Waals surface area contributed by atoms with E-state index in [0.717, 1.165) is 12.1 Å². The maximum Gasteiger partial charge on any atom is 0.433 e. The normalized spacial score (nSPS) is 12.8. The SMILES string of the molecule is CC(Nc1nc(C(F)(F)F)ccc1C#N)c1nncn1C. The summed E-state index contributed by atoms with van der Waals surface area (Å²) in [5, 5.41) is 19.3. The van der Waals surface area contributed by atoms with Crippen LogP contribution in [-0.4, -0.2) is 19.7 Å². The molecule has 0 saturated carbocycles. The van der Waals surface area contributed by atoms with Gasteiger partial charge in [0.25, 0.3) is 0 Å². The first-order valence-electron chi connectivity index (χ1n) is 5.91. The lowest BCUT2D eigenvalue weighted by Gasteiger charge is -2.16. The molecular weight excluding hydrogens is 285 g/mol. The van der Waals surface area contributed by atoms with Gasteiger partial charge in [-0.1, -0.05) is 0 Å². The Morgan fingerprint density at radius 1 is 1.38 bits per heavy atom. The van der Waals surface area contributed by atoms with E-state index in [9.17, 15) is 13.2 Å². The molecule has 0 spiro atoms. The van der Waals surface area contributed by atoms with Crippen molar-refractivity contribution in [3.63, 3.8) is 0 Å². The van der Waals surface area contributed by atoms with Crippen molar-refractivity contribution in [2.75, 3.05) is 5.32 Å². The van der Waals surface area contributed by atoms with Crippen molar-refractivity contribution >= 4 is 5.82 Å². The minimum Gasteiger partial charge on any atom is -0.359 e. The number of alkyl halides is 3. The summed E-state index contributed by atoms with van der Waals surface area (Å²) >= 11 is 0. The van der Waals surface area contributed by atoms with Crippen molar-refractivity contribution in [3.8, 4) is 6.07 Å². The van der Waals surface area contributed by atoms with Crippen molar-refractivity contribution in [2.24, 2.45) is 7.05 Å². The minimum absolute atomic E-state index is 0.0250. The summed E-state index contributed by atoms with van der Waals surface area (Å²) < 4.78 is 39.7. The summed E-state index contributed by atoms with van der Waals surface area (Å²) in [6.45, 7) is 1.69. The summed E-state index contributed by atoms with van der Waals surface area (Å²) in [6.07, 6.45) is -3.10. The van der Waals surface area contributed by atoms with Gasteiger partial charge in [0.1, 0.15) is 23.9 Å². The largest absolute Gasteiger partial charge is 0.433 e. The molecule has 0 amide bonds. The number of pyridine rings is 1. The fraction of sp³-hybridized carbons (Fsp3) is 0.333. The van der Waals surface area contributed by atoms with E-state index < -0.39 is 17.9 Å². The summed E-state index contributed by atoms with van der Waals surface area (Å²) in [6, 6.07) is 3.21. The lowest BCUT2D eigenvalue weighted by atomic mass is 10.2. The number of nitriles is 1. The molecule has 0 fully saturated rings. The second-order valence-corrected chi connectivity index (χ2v) is 4.37. The van der Waals surface area contributed by atoms with E-state index in [1.165, 1.54) is 6.33 Å². The van der Waals surface area contributed by atoms with Crippen LogP contribution in [0.4, 0.5) is 19.0 Å². The van der Waals surface area contributed by atoms with E-state index in [1.807, 2.05) is 0 Å². The standard InChI is InChI=1S/C12H11F3N6/c1-7(11-20-17-6-21(11)2)18-10-8(5-16)3-4-9(19-10)12(13,14)15/h3-4,6-7H,1-2H3,(H,18,19). The molecule has 0 saturated heterocycles. The minimum atomic E-state index is -4.57. The number of rotatable bonds is 3. The van der Waals surface area contributed by atoms with Gasteiger partial charge in [-0.05, 0) is 19.1 Å². The fourth-order valence-electron chi connectivity index (χ4n) is 1.77. The predicted octanol–water partition coefficient (Wildman–Crippen LogP) is 2.27. The Labute approximate surface area is 118 Å². The summed E-state index contributed by atoms with van der Waals surface area (Å²) in [4.78, 5) is 3.48. The van der Waals surface area contributed by atoms with Gasteiger partial charge < -0.3 is 9.88 Å². The third kappa shape index (κ3) is 3.10. The van der Waals surface area contributed by atoms with Gasteiger partial charge in [0, 0.05) is 7.05 Å². The molecule has 6 nitrogen and oxygen atoms in total. The van der Waals surface area contributed by atoms with Crippen molar-refractivity contribution in [2.45, 2.75) is 19.1 Å². The first kappa shape index (κ1) is 14.8. The molecule has 1 atom stereocenters. The molecule has 2 aromatic heterocycles. The second-order valence-electron chi connectivity index (χ2n) is 4.37. The highest BCUT2D eigenvalue weighted by Crippen LogP contribution is 2.30. The first-order valence-corrected chi connectivity index (χ1v) is 5.91. The Kier molecular flexibility index (Phi) is 3.80. The number of aromatic nitrogens is 4. The van der Waals surface area contributed by atoms with Gasteiger partial charge in [-0.25, -0.2) is 4.98 Å². The van der Waals surface area contributed by atoms with E-state index in [1.54, 1.807) is 24.6 Å². The van der Waals surface area contributed by atoms with Crippen molar-refractivity contribution in [1.82, 2.24) is 19.7 Å². The van der Waals surface area contributed by atoms with E-state index >= 15 is 0 Å². The van der Waals surface area contributed by atoms with Crippen molar-refractivity contribution in [3.05, 3.63) is 35.5 Å². The maximum atomic E-state index is 12.7. The molecule has 0 aliphatic carbocycles. The lowest BCUT2D eigenvalue weighted by molar-refractivity contribution is -0.141. The molecule has 0 aliphatic heterocycles. The van der Waals surface area contributed by atoms with E-state index in [0.29, 0.717) is 5.82 Å². The molecule has 0 aromatic carbocycles. The average molecular weight is 296 g/mol. The van der Waals surface area contributed by atoms with Crippen LogP contribution in [0.2, 0.25) is 0 Å². The molecule has 9 heteroatoms. The number of anilines is 1. The van der Waals surface area contributed by atoms with E-state index in [2.05, 4.69) is 20.5 Å². The van der Waals surface area contributed by atoms with Gasteiger partial charge >= 0.3 is 6.18 Å². The topological polar surface area (TPSA) is 79.4 Å². The van der Waals surface area contributed by atoms with Crippen LogP contribution in [0.3, 0.4) is 0 Å². The molecule has 2 heterocycles. The number of nitrogens with zero attached hydrogens (tertiary/aromatic N) is 5. The zero-order chi connectivity index (χ0) is 15.6. The van der Waals surface area contributed by atoms with Crippen LogP contribution in [0.5, 0.6) is 0 Å². The highest BCUT2D eigenvalue weighted by molar-refractivity contribution is 5.53. The summed E-state index contributed by atoms with van der Waals surface area (Å²) in [7, 11) is 1.71. The lowest BCUT2D eigenvalue weighted by Crippen LogP contribution is -2.16. The van der Waals surface area contributed by atoms with Gasteiger partial charge in [0.05, 0.1) is 11.6 Å². The third-order valence-electron chi connectivity index (χ3n) is 2.79. The summed E-state index contributed by atoms with van der Waals surface area (Å²) in [5.41, 5.74) is -1.04. The Hall–Kier alpha value is -2.63. The molecule has 110 valence electrons. The number of hydrogen-bond acceptors (Lipinski definition) is 5. The highest BCUT2D eigenvalue weighted by Gasteiger charge is 2.33. The molecule has 21 heavy (non-hydrogen) atoms. The molecule has 1 unspecified atom stereocenters. The molecule has 0 aliphatic rings. The zero-order valence-corrected chi connectivity index (χ0v) is 11.2. The van der Waals surface area contributed by atoms with Crippen LogP contribution < -0.4 is 5.32 Å². The fourth-order valence-corrected chi connectivity index (χ4v) is 1.77. The Bertz CT molecular complexity index is 685. The highest BCUT2D eigenvalue weighted by atomic mass is 19.4. The number of aryl methyl sites for hydroxylation is 1. The molecule has 2 aromatic rings. The van der Waals surface area contributed by atoms with Gasteiger partial charge in [-0.15, -0.1) is 10.2 Å². The smallest absolute Gasteiger partial charge is 0.359 e. The second kappa shape index (κ2) is 5.40. The first-order chi connectivity index (χ1) is 9.82. The predicted molar refractivity (Wildman–Crippen MR) is 67.0 cm³/mol. The van der Waals surface area contributed by atoms with Gasteiger partial charge in [-0.3, -0.25) is 0 Å². The molecule has 0 bridgehead atoms. The van der Waals surface area contributed by atoms with Gasteiger partial charge in [0.2, 0.25) is 0 Å². The average Bonchev–Trinajstić information content (AvgIpc) is 2.84. The quantitative estimate of drug-likeness (QED) is 0.940. The van der Waals surface area contributed by atoms with Gasteiger partial charge in [-0.2, -0.15) is 18.4 Å². The molecular formula is C12H11F3N6. The van der Waals surface area contributed by atoms with Gasteiger partial charge in [0.15, 0.2) is 5.82 Å². The number of hydrogen-bond donors (Lipinski definition) is 1. The number of nitrogens with one attached hydrogen (secondary N) is 1. The van der Waals surface area contributed by atoms with Crippen LogP contribution in [0.15, 0.2) is 18.5 Å². The molecule has 0 radical (unpaired) electrons. The molecule has 2 rings (SSSR count). The van der Waals surface area contributed by atoms with E-state index in [4.69, 9.17) is 5.26 Å². The van der Waals surface area contributed by atoms with Crippen LogP contribution in [0.25, 0.3) is 0 Å². The Balaban J connectivity index is 2.34. The van der Waals surface area contributed by atoms with Crippen LogP contribution in [0.1, 0.15) is 30.0 Å². The van der Waals surface area contributed by atoms with E-state index in [-0.39, 0.29) is 11.4 Å². The Morgan fingerprint density at radius 2 is 2.10 bits per heavy atom. The zero-order valence-electron chi connectivity index (χ0n) is 11.2. The number of halogens is 3. The van der Waals surface area contributed by atoms with Crippen molar-refractivity contribution in [1.29, 1.82) is 5.26 Å². The Morgan fingerprint density at radius 3 is 2.62 bits per heavy atom. The summed E-state index contributed by atoms with van der Waals surface area (Å²) in [5.74, 6) is 0.376. The van der Waals surface area contributed by atoms with Crippen LogP contribution in [-0.2, 0) is 13.2 Å². The monoisotopic (exact) mass is 296 g/mol. The van der Waals surface area contributed by atoms with Crippen LogP contribution >= 0.6 is 0 Å². The maximum absolute atomic E-state index is 12.7. The molecule has 1 N–H and O–H groups in total. The van der Waals surface area contributed by atoms with Crippen molar-refractivity contribution < 1.29 is 13.2 Å². The van der Waals surface area contributed by atoms with Crippen LogP contribution in [0, 0.1) is 11.3 Å². The third-order valence-corrected chi connectivity index (χ3v) is 2.79.